The average molecular weight is 257 g/mol. The minimum atomic E-state index is -0.370. The molecule has 98 valence electrons. The highest BCUT2D eigenvalue weighted by Crippen LogP contribution is 2.19. The molecule has 0 amide bonds. The number of pyridine rings is 1. The second-order valence-electron chi connectivity index (χ2n) is 4.12. The molecule has 0 saturated heterocycles. The van der Waals surface area contributed by atoms with Crippen LogP contribution in [-0.4, -0.2) is 18.1 Å². The highest BCUT2D eigenvalue weighted by molar-refractivity contribution is 5.90. The molecule has 1 heterocycles. The number of carbonyl (C=O) groups is 1. The Hall–Kier alpha value is -2.56. The molecule has 0 spiro atoms. The van der Waals surface area contributed by atoms with Gasteiger partial charge in [-0.3, -0.25) is 0 Å². The number of ether oxygens (including phenoxy) is 1. The van der Waals surface area contributed by atoms with E-state index >= 15 is 0 Å². The van der Waals surface area contributed by atoms with E-state index in [4.69, 9.17) is 5.73 Å². The summed E-state index contributed by atoms with van der Waals surface area (Å²) in [6.45, 7) is 1.91. The minimum absolute atomic E-state index is 0.370. The van der Waals surface area contributed by atoms with E-state index in [1.807, 2.05) is 19.1 Å². The van der Waals surface area contributed by atoms with E-state index in [0.717, 1.165) is 11.3 Å². The summed E-state index contributed by atoms with van der Waals surface area (Å²) in [4.78, 5) is 15.6. The van der Waals surface area contributed by atoms with Crippen LogP contribution in [0.15, 0.2) is 36.5 Å². The molecule has 0 fully saturated rings. The number of nitrogen functional groups attached to an aromatic ring is 1. The Morgan fingerprint density at radius 1 is 1.37 bits per heavy atom. The first-order valence-corrected chi connectivity index (χ1v) is 5.77. The number of methoxy groups -OCH3 is 1. The molecule has 0 aliphatic carbocycles. The van der Waals surface area contributed by atoms with Gasteiger partial charge in [0.15, 0.2) is 0 Å². The van der Waals surface area contributed by atoms with Gasteiger partial charge in [-0.25, -0.2) is 9.78 Å². The molecule has 0 bridgehead atoms. The number of anilines is 3. The van der Waals surface area contributed by atoms with Gasteiger partial charge in [-0.1, -0.05) is 6.07 Å². The van der Waals surface area contributed by atoms with Crippen LogP contribution in [0.4, 0.5) is 17.2 Å². The van der Waals surface area contributed by atoms with Crippen LogP contribution in [-0.2, 0) is 4.74 Å². The largest absolute Gasteiger partial charge is 0.465 e. The molecular formula is C14H15N3O2. The lowest BCUT2D eigenvalue weighted by Crippen LogP contribution is -2.02. The van der Waals surface area contributed by atoms with Crippen molar-refractivity contribution in [3.05, 3.63) is 47.7 Å². The van der Waals surface area contributed by atoms with Crippen molar-refractivity contribution in [3.8, 4) is 0 Å². The summed E-state index contributed by atoms with van der Waals surface area (Å²) in [6.07, 6.45) is 1.60. The zero-order valence-electron chi connectivity index (χ0n) is 10.8. The molecule has 0 radical (unpaired) electrons. The van der Waals surface area contributed by atoms with E-state index in [0.29, 0.717) is 17.1 Å². The standard InChI is InChI=1S/C14H15N3O2/c1-9-6-13(16-8-12(9)15)17-11-5-3-4-10(7-11)14(18)19-2/h3-8H,15H2,1-2H3,(H,16,17). The number of rotatable bonds is 3. The molecule has 19 heavy (non-hydrogen) atoms. The Balaban J connectivity index is 2.23. The van der Waals surface area contributed by atoms with Crippen LogP contribution in [0.1, 0.15) is 15.9 Å². The van der Waals surface area contributed by atoms with Crippen molar-refractivity contribution in [2.24, 2.45) is 0 Å². The number of benzene rings is 1. The first-order chi connectivity index (χ1) is 9.10. The lowest BCUT2D eigenvalue weighted by Gasteiger charge is -2.08. The highest BCUT2D eigenvalue weighted by atomic mass is 16.5. The molecule has 1 aromatic heterocycles. The normalized spacial score (nSPS) is 10.0. The van der Waals surface area contributed by atoms with Gasteiger partial charge in [-0.2, -0.15) is 0 Å². The van der Waals surface area contributed by atoms with E-state index in [1.165, 1.54) is 7.11 Å². The summed E-state index contributed by atoms with van der Waals surface area (Å²) < 4.78 is 4.68. The summed E-state index contributed by atoms with van der Waals surface area (Å²) in [5.74, 6) is 0.304. The predicted octanol–water partition coefficient (Wildman–Crippen LogP) is 2.50. The smallest absolute Gasteiger partial charge is 0.337 e. The van der Waals surface area contributed by atoms with Gasteiger partial charge < -0.3 is 15.8 Å². The van der Waals surface area contributed by atoms with Gasteiger partial charge in [0.2, 0.25) is 0 Å². The maximum Gasteiger partial charge on any atom is 0.337 e. The van der Waals surface area contributed by atoms with E-state index in [9.17, 15) is 4.79 Å². The van der Waals surface area contributed by atoms with E-state index in [1.54, 1.807) is 24.4 Å². The Bertz CT molecular complexity index is 611. The Labute approximate surface area is 111 Å². The molecule has 2 aromatic rings. The number of hydrogen-bond donors (Lipinski definition) is 2. The van der Waals surface area contributed by atoms with Crippen molar-refractivity contribution in [2.75, 3.05) is 18.2 Å². The SMILES string of the molecule is COC(=O)c1cccc(Nc2cc(C)c(N)cn2)c1. The lowest BCUT2D eigenvalue weighted by molar-refractivity contribution is 0.0601. The van der Waals surface area contributed by atoms with Crippen molar-refractivity contribution in [3.63, 3.8) is 0 Å². The fourth-order valence-corrected chi connectivity index (χ4v) is 1.62. The van der Waals surface area contributed by atoms with Crippen molar-refractivity contribution < 1.29 is 9.53 Å². The van der Waals surface area contributed by atoms with E-state index in [-0.39, 0.29) is 5.97 Å². The van der Waals surface area contributed by atoms with Crippen LogP contribution in [0.25, 0.3) is 0 Å². The van der Waals surface area contributed by atoms with Crippen molar-refractivity contribution in [1.82, 2.24) is 4.98 Å². The van der Waals surface area contributed by atoms with Gasteiger partial charge >= 0.3 is 5.97 Å². The zero-order valence-corrected chi connectivity index (χ0v) is 10.8. The molecule has 0 aliphatic heterocycles. The van der Waals surface area contributed by atoms with Crippen LogP contribution in [0, 0.1) is 6.92 Å². The van der Waals surface area contributed by atoms with Gasteiger partial charge in [0.1, 0.15) is 5.82 Å². The molecule has 0 atom stereocenters. The molecule has 2 rings (SSSR count). The first kappa shape index (κ1) is 12.9. The van der Waals surface area contributed by atoms with Gasteiger partial charge in [-0.05, 0) is 36.8 Å². The minimum Gasteiger partial charge on any atom is -0.465 e. The number of aryl methyl sites for hydroxylation is 1. The summed E-state index contributed by atoms with van der Waals surface area (Å²) in [5.41, 5.74) is 8.55. The van der Waals surface area contributed by atoms with E-state index < -0.39 is 0 Å². The second-order valence-corrected chi connectivity index (χ2v) is 4.12. The summed E-state index contributed by atoms with van der Waals surface area (Å²) in [5, 5.41) is 3.12. The number of nitrogens with zero attached hydrogens (tertiary/aromatic N) is 1. The molecule has 0 unspecified atom stereocenters. The molecule has 0 saturated carbocycles. The highest BCUT2D eigenvalue weighted by Gasteiger charge is 2.06. The number of esters is 1. The Morgan fingerprint density at radius 3 is 2.84 bits per heavy atom. The maximum absolute atomic E-state index is 11.4. The first-order valence-electron chi connectivity index (χ1n) is 5.77. The molecule has 5 nitrogen and oxygen atoms in total. The van der Waals surface area contributed by atoms with Crippen molar-refractivity contribution in [1.29, 1.82) is 0 Å². The number of nitrogens with one attached hydrogen (secondary N) is 1. The lowest BCUT2D eigenvalue weighted by atomic mass is 10.2. The van der Waals surface area contributed by atoms with Crippen LogP contribution >= 0.6 is 0 Å². The molecule has 0 aliphatic rings. The van der Waals surface area contributed by atoms with Crippen LogP contribution < -0.4 is 11.1 Å². The van der Waals surface area contributed by atoms with Crippen molar-refractivity contribution >= 4 is 23.2 Å². The molecule has 3 N–H and O–H groups in total. The summed E-state index contributed by atoms with van der Waals surface area (Å²) >= 11 is 0. The fraction of sp³-hybridized carbons (Fsp3) is 0.143. The molecule has 1 aromatic carbocycles. The number of carbonyl (C=O) groups excluding carboxylic acids is 1. The number of aromatic nitrogens is 1. The van der Waals surface area contributed by atoms with Gasteiger partial charge in [-0.15, -0.1) is 0 Å². The van der Waals surface area contributed by atoms with Gasteiger partial charge in [0.05, 0.1) is 24.6 Å². The van der Waals surface area contributed by atoms with Crippen molar-refractivity contribution in [2.45, 2.75) is 6.92 Å². The summed E-state index contributed by atoms with van der Waals surface area (Å²) in [7, 11) is 1.35. The molecule has 5 heteroatoms. The third-order valence-electron chi connectivity index (χ3n) is 2.71. The van der Waals surface area contributed by atoms with E-state index in [2.05, 4.69) is 15.0 Å². The van der Waals surface area contributed by atoms with Crippen LogP contribution in [0.2, 0.25) is 0 Å². The van der Waals surface area contributed by atoms with Gasteiger partial charge in [0.25, 0.3) is 0 Å². The topological polar surface area (TPSA) is 77.2 Å². The predicted molar refractivity (Wildman–Crippen MR) is 74.5 cm³/mol. The zero-order chi connectivity index (χ0) is 13.8. The average Bonchev–Trinajstić information content (AvgIpc) is 2.42. The third kappa shape index (κ3) is 3.01. The van der Waals surface area contributed by atoms with Crippen LogP contribution in [0.5, 0.6) is 0 Å². The third-order valence-corrected chi connectivity index (χ3v) is 2.71. The fourth-order valence-electron chi connectivity index (χ4n) is 1.62. The van der Waals surface area contributed by atoms with Gasteiger partial charge in [0, 0.05) is 5.69 Å². The monoisotopic (exact) mass is 257 g/mol. The number of nitrogens with two attached hydrogens (primary N) is 1. The number of hydrogen-bond acceptors (Lipinski definition) is 5. The van der Waals surface area contributed by atoms with Crippen LogP contribution in [0.3, 0.4) is 0 Å². The second kappa shape index (κ2) is 5.39. The Morgan fingerprint density at radius 2 is 2.16 bits per heavy atom. The molecular weight excluding hydrogens is 242 g/mol. The quantitative estimate of drug-likeness (QED) is 0.826. The maximum atomic E-state index is 11.4. The Kier molecular flexibility index (Phi) is 3.66. The summed E-state index contributed by atoms with van der Waals surface area (Å²) in [6, 6.07) is 8.87.